The van der Waals surface area contributed by atoms with Crippen molar-refractivity contribution in [2.24, 2.45) is 5.84 Å². The zero-order chi connectivity index (χ0) is 13.8. The summed E-state index contributed by atoms with van der Waals surface area (Å²) in [5.41, 5.74) is 8.31. The standard InChI is InChI=1S/C16H26N2O/c1-11-9-12(2)16(13(3)10-11)15(18-17)7-6-14-5-4-8-19-14/h9-10,14-15,18H,4-8,17H2,1-3H3. The minimum Gasteiger partial charge on any atom is -0.378 e. The second-order valence-electron chi connectivity index (χ2n) is 5.74. The maximum Gasteiger partial charge on any atom is 0.0576 e. The van der Waals surface area contributed by atoms with E-state index in [4.69, 9.17) is 10.6 Å². The molecule has 0 radical (unpaired) electrons. The summed E-state index contributed by atoms with van der Waals surface area (Å²) in [6, 6.07) is 4.70. The van der Waals surface area contributed by atoms with Gasteiger partial charge in [0.2, 0.25) is 0 Å². The van der Waals surface area contributed by atoms with Gasteiger partial charge in [0.25, 0.3) is 0 Å². The number of aryl methyl sites for hydroxylation is 3. The first kappa shape index (κ1) is 14.5. The molecule has 0 bridgehead atoms. The Hall–Kier alpha value is -0.900. The number of nitrogens with one attached hydrogen (secondary N) is 1. The van der Waals surface area contributed by atoms with E-state index in [0.29, 0.717) is 6.10 Å². The van der Waals surface area contributed by atoms with Crippen molar-refractivity contribution in [2.75, 3.05) is 6.61 Å². The van der Waals surface area contributed by atoms with Crippen LogP contribution in [-0.4, -0.2) is 12.7 Å². The minimum atomic E-state index is 0.227. The van der Waals surface area contributed by atoms with Crippen molar-refractivity contribution in [1.82, 2.24) is 5.43 Å². The lowest BCUT2D eigenvalue weighted by atomic mass is 9.91. The molecule has 1 aromatic rings. The molecule has 19 heavy (non-hydrogen) atoms. The fourth-order valence-electron chi connectivity index (χ4n) is 3.28. The van der Waals surface area contributed by atoms with E-state index in [9.17, 15) is 0 Å². The molecule has 0 amide bonds. The predicted octanol–water partition coefficient (Wildman–Crippen LogP) is 3.08. The van der Waals surface area contributed by atoms with Crippen molar-refractivity contribution in [2.45, 2.75) is 58.6 Å². The van der Waals surface area contributed by atoms with E-state index < -0.39 is 0 Å². The van der Waals surface area contributed by atoms with Gasteiger partial charge in [-0.1, -0.05) is 17.7 Å². The summed E-state index contributed by atoms with van der Waals surface area (Å²) >= 11 is 0. The monoisotopic (exact) mass is 262 g/mol. The van der Waals surface area contributed by atoms with Gasteiger partial charge in [-0.2, -0.15) is 0 Å². The number of hydrogen-bond acceptors (Lipinski definition) is 3. The lowest BCUT2D eigenvalue weighted by Crippen LogP contribution is -2.30. The molecule has 1 aliphatic rings. The second-order valence-corrected chi connectivity index (χ2v) is 5.74. The fourth-order valence-corrected chi connectivity index (χ4v) is 3.28. The second kappa shape index (κ2) is 6.51. The zero-order valence-electron chi connectivity index (χ0n) is 12.3. The average molecular weight is 262 g/mol. The first-order valence-electron chi connectivity index (χ1n) is 7.27. The largest absolute Gasteiger partial charge is 0.378 e. The van der Waals surface area contributed by atoms with Crippen molar-refractivity contribution >= 4 is 0 Å². The molecule has 0 aliphatic carbocycles. The van der Waals surface area contributed by atoms with Crippen molar-refractivity contribution in [3.05, 3.63) is 34.4 Å². The molecule has 0 saturated carbocycles. The van der Waals surface area contributed by atoms with E-state index >= 15 is 0 Å². The molecule has 3 N–H and O–H groups in total. The Kier molecular flexibility index (Phi) is 4.97. The summed E-state index contributed by atoms with van der Waals surface area (Å²) in [5.74, 6) is 5.77. The Morgan fingerprint density at radius 2 is 2.00 bits per heavy atom. The Labute approximate surface area is 116 Å². The molecule has 1 saturated heterocycles. The maximum atomic E-state index is 5.77. The minimum absolute atomic E-state index is 0.227. The van der Waals surface area contributed by atoms with Crippen LogP contribution in [0.2, 0.25) is 0 Å². The molecular weight excluding hydrogens is 236 g/mol. The van der Waals surface area contributed by atoms with Crippen molar-refractivity contribution in [3.8, 4) is 0 Å². The van der Waals surface area contributed by atoms with E-state index in [-0.39, 0.29) is 6.04 Å². The quantitative estimate of drug-likeness (QED) is 0.633. The summed E-state index contributed by atoms with van der Waals surface area (Å²) in [6.45, 7) is 7.41. The predicted molar refractivity (Wildman–Crippen MR) is 78.9 cm³/mol. The molecule has 1 fully saturated rings. The third kappa shape index (κ3) is 3.56. The summed E-state index contributed by atoms with van der Waals surface area (Å²) in [6.07, 6.45) is 4.95. The van der Waals surface area contributed by atoms with Gasteiger partial charge in [-0.25, -0.2) is 0 Å². The van der Waals surface area contributed by atoms with Crippen LogP contribution in [0.15, 0.2) is 12.1 Å². The molecule has 0 spiro atoms. The molecule has 2 unspecified atom stereocenters. The van der Waals surface area contributed by atoms with Crippen LogP contribution in [0, 0.1) is 20.8 Å². The fraction of sp³-hybridized carbons (Fsp3) is 0.625. The van der Waals surface area contributed by atoms with Crippen LogP contribution in [0.4, 0.5) is 0 Å². The smallest absolute Gasteiger partial charge is 0.0576 e. The molecule has 3 nitrogen and oxygen atoms in total. The highest BCUT2D eigenvalue weighted by Crippen LogP contribution is 2.28. The maximum absolute atomic E-state index is 5.77. The molecule has 106 valence electrons. The first-order chi connectivity index (χ1) is 9.11. The molecular formula is C16H26N2O. The summed E-state index contributed by atoms with van der Waals surface area (Å²) in [5, 5.41) is 0. The molecule has 1 heterocycles. The number of ether oxygens (including phenoxy) is 1. The third-order valence-corrected chi connectivity index (χ3v) is 4.09. The number of hydrazine groups is 1. The number of nitrogens with two attached hydrogens (primary N) is 1. The Balaban J connectivity index is 2.08. The number of hydrogen-bond donors (Lipinski definition) is 2. The van der Waals surface area contributed by atoms with Gasteiger partial charge >= 0.3 is 0 Å². The Morgan fingerprint density at radius 3 is 2.53 bits per heavy atom. The van der Waals surface area contributed by atoms with Crippen LogP contribution in [0.25, 0.3) is 0 Å². The zero-order valence-corrected chi connectivity index (χ0v) is 12.3. The highest BCUT2D eigenvalue weighted by molar-refractivity contribution is 5.39. The van der Waals surface area contributed by atoms with Crippen LogP contribution in [0.1, 0.15) is 54.0 Å². The SMILES string of the molecule is Cc1cc(C)c(C(CCC2CCCO2)NN)c(C)c1. The van der Waals surface area contributed by atoms with Gasteiger partial charge in [0.15, 0.2) is 0 Å². The third-order valence-electron chi connectivity index (χ3n) is 4.09. The normalized spacial score (nSPS) is 20.7. The van der Waals surface area contributed by atoms with Gasteiger partial charge in [-0.15, -0.1) is 0 Å². The van der Waals surface area contributed by atoms with Crippen LogP contribution in [0.5, 0.6) is 0 Å². The average Bonchev–Trinajstić information content (AvgIpc) is 2.85. The van der Waals surface area contributed by atoms with Crippen molar-refractivity contribution in [3.63, 3.8) is 0 Å². The summed E-state index contributed by atoms with van der Waals surface area (Å²) < 4.78 is 5.69. The number of benzene rings is 1. The van der Waals surface area contributed by atoms with Crippen LogP contribution >= 0.6 is 0 Å². The molecule has 0 aromatic heterocycles. The van der Waals surface area contributed by atoms with E-state index in [1.54, 1.807) is 0 Å². The van der Waals surface area contributed by atoms with Gasteiger partial charge in [0.05, 0.1) is 6.10 Å². The molecule has 1 aromatic carbocycles. The first-order valence-corrected chi connectivity index (χ1v) is 7.27. The summed E-state index contributed by atoms with van der Waals surface area (Å²) in [4.78, 5) is 0. The van der Waals surface area contributed by atoms with Gasteiger partial charge < -0.3 is 4.74 Å². The van der Waals surface area contributed by atoms with E-state index in [2.05, 4.69) is 38.3 Å². The van der Waals surface area contributed by atoms with E-state index in [0.717, 1.165) is 19.4 Å². The Morgan fingerprint density at radius 1 is 1.32 bits per heavy atom. The van der Waals surface area contributed by atoms with Crippen molar-refractivity contribution in [1.29, 1.82) is 0 Å². The summed E-state index contributed by atoms with van der Waals surface area (Å²) in [7, 11) is 0. The number of rotatable bonds is 5. The molecule has 2 atom stereocenters. The van der Waals surface area contributed by atoms with Crippen LogP contribution in [-0.2, 0) is 4.74 Å². The Bertz CT molecular complexity index is 402. The van der Waals surface area contributed by atoms with Gasteiger partial charge in [0, 0.05) is 12.6 Å². The topological polar surface area (TPSA) is 47.3 Å². The highest BCUT2D eigenvalue weighted by atomic mass is 16.5. The van der Waals surface area contributed by atoms with Gasteiger partial charge in [-0.3, -0.25) is 11.3 Å². The molecule has 1 aliphatic heterocycles. The van der Waals surface area contributed by atoms with Gasteiger partial charge in [0.1, 0.15) is 0 Å². The highest BCUT2D eigenvalue weighted by Gasteiger charge is 2.20. The lowest BCUT2D eigenvalue weighted by Gasteiger charge is -2.22. The van der Waals surface area contributed by atoms with E-state index in [1.165, 1.54) is 35.1 Å². The van der Waals surface area contributed by atoms with Crippen molar-refractivity contribution < 1.29 is 4.74 Å². The molecule has 2 rings (SSSR count). The molecule has 3 heteroatoms. The van der Waals surface area contributed by atoms with E-state index in [1.807, 2.05) is 0 Å². The van der Waals surface area contributed by atoms with Crippen LogP contribution in [0.3, 0.4) is 0 Å². The lowest BCUT2D eigenvalue weighted by molar-refractivity contribution is 0.0995. The van der Waals surface area contributed by atoms with Gasteiger partial charge in [-0.05, 0) is 63.1 Å². The van der Waals surface area contributed by atoms with Crippen LogP contribution < -0.4 is 11.3 Å².